The highest BCUT2D eigenvalue weighted by molar-refractivity contribution is 8.00. The molecule has 27 heavy (non-hydrogen) atoms. The van der Waals surface area contributed by atoms with Crippen LogP contribution >= 0.6 is 11.8 Å². The molecular formula is C15H25N5O5S2. The molecule has 2 N–H and O–H groups in total. The van der Waals surface area contributed by atoms with Gasteiger partial charge in [0.05, 0.1) is 44.9 Å². The maximum Gasteiger partial charge on any atom is 0.281 e. The Balaban J connectivity index is 1.76. The number of carbonyl (C=O) groups is 2. The molecule has 0 bridgehead atoms. The quantitative estimate of drug-likeness (QED) is 0.367. The lowest BCUT2D eigenvalue weighted by Crippen LogP contribution is -2.69. The van der Waals surface area contributed by atoms with E-state index in [2.05, 4.69) is 0 Å². The van der Waals surface area contributed by atoms with Crippen LogP contribution in [0.25, 0.3) is 0 Å². The zero-order chi connectivity index (χ0) is 20.1. The van der Waals surface area contributed by atoms with Crippen molar-refractivity contribution in [3.8, 4) is 0 Å². The highest BCUT2D eigenvalue weighted by Gasteiger charge is 2.51. The summed E-state index contributed by atoms with van der Waals surface area (Å²) in [4.78, 5) is 25.0. The molecule has 3 heterocycles. The number of aliphatic carboxylic acids is 1. The van der Waals surface area contributed by atoms with Crippen LogP contribution < -0.4 is 10.8 Å². The van der Waals surface area contributed by atoms with Crippen molar-refractivity contribution < 1.29 is 27.6 Å². The standard InChI is InChI=1S/C15H25N5O5S2/c1-17(2)27(24,25)18-4-6-20(3,7-5-18)8-10-9-26-14-11(16)13(21)19(14)12(10)15(22)23/h11,14H,4-9,16H2,1-3H3. The number of quaternary nitrogens is 1. The molecule has 2 unspecified atom stereocenters. The van der Waals surface area contributed by atoms with Gasteiger partial charge < -0.3 is 20.1 Å². The summed E-state index contributed by atoms with van der Waals surface area (Å²) in [6.07, 6.45) is 0. The lowest BCUT2D eigenvalue weighted by molar-refractivity contribution is -0.908. The van der Waals surface area contributed by atoms with Gasteiger partial charge in [-0.1, -0.05) is 0 Å². The Kier molecular flexibility index (Phi) is 5.34. The van der Waals surface area contributed by atoms with Crippen LogP contribution in [0.3, 0.4) is 0 Å². The normalized spacial score (nSPS) is 28.9. The van der Waals surface area contributed by atoms with E-state index in [1.54, 1.807) is 0 Å². The molecule has 0 aromatic rings. The molecule has 12 heteroatoms. The van der Waals surface area contributed by atoms with Crippen molar-refractivity contribution in [1.82, 2.24) is 13.5 Å². The highest BCUT2D eigenvalue weighted by Crippen LogP contribution is 2.39. The predicted molar refractivity (Wildman–Crippen MR) is 98.1 cm³/mol. The first-order chi connectivity index (χ1) is 12.5. The number of carboxylic acid groups (broad SMARTS) is 1. The number of piperazine rings is 1. The SMILES string of the molecule is CN(C)S(=O)(=O)N1CC[N+](C)(CC2=C(C(=O)[O-])N3C(=O)C(N)C3SC2)CC1. The number of rotatable bonds is 5. The molecule has 152 valence electrons. The average Bonchev–Trinajstić information content (AvgIpc) is 2.60. The molecule has 3 rings (SSSR count). The second kappa shape index (κ2) is 7.01. The third-order valence-electron chi connectivity index (χ3n) is 5.42. The van der Waals surface area contributed by atoms with Crippen LogP contribution in [0.5, 0.6) is 0 Å². The first-order valence-corrected chi connectivity index (χ1v) is 11.1. The monoisotopic (exact) mass is 419 g/mol. The molecule has 0 aromatic carbocycles. The zero-order valence-electron chi connectivity index (χ0n) is 15.6. The number of amides is 1. The van der Waals surface area contributed by atoms with Crippen LogP contribution in [0.4, 0.5) is 0 Å². The van der Waals surface area contributed by atoms with E-state index in [9.17, 15) is 23.1 Å². The zero-order valence-corrected chi connectivity index (χ0v) is 17.3. The maximum atomic E-state index is 12.3. The van der Waals surface area contributed by atoms with Crippen molar-refractivity contribution in [3.05, 3.63) is 11.3 Å². The Morgan fingerprint density at radius 3 is 2.48 bits per heavy atom. The summed E-state index contributed by atoms with van der Waals surface area (Å²) >= 11 is 1.46. The number of nitrogens with zero attached hydrogens (tertiary/aromatic N) is 4. The van der Waals surface area contributed by atoms with Gasteiger partial charge in [-0.05, 0) is 0 Å². The van der Waals surface area contributed by atoms with Gasteiger partial charge in [0.1, 0.15) is 18.0 Å². The minimum atomic E-state index is -3.46. The fourth-order valence-electron chi connectivity index (χ4n) is 3.70. The summed E-state index contributed by atoms with van der Waals surface area (Å²) in [5.74, 6) is -1.29. The topological polar surface area (TPSA) is 127 Å². The number of hydrogen-bond acceptors (Lipinski definition) is 7. The van der Waals surface area contributed by atoms with Crippen LogP contribution in [0.15, 0.2) is 11.3 Å². The molecular weight excluding hydrogens is 394 g/mol. The third kappa shape index (κ3) is 3.49. The summed E-state index contributed by atoms with van der Waals surface area (Å²) < 4.78 is 27.7. The predicted octanol–water partition coefficient (Wildman–Crippen LogP) is -3.20. The number of carbonyl (C=O) groups excluding carboxylic acids is 2. The molecule has 2 saturated heterocycles. The fraction of sp³-hybridized carbons (Fsp3) is 0.733. The van der Waals surface area contributed by atoms with Gasteiger partial charge in [0.15, 0.2) is 0 Å². The van der Waals surface area contributed by atoms with E-state index >= 15 is 0 Å². The summed E-state index contributed by atoms with van der Waals surface area (Å²) in [5, 5.41) is 11.4. The Morgan fingerprint density at radius 1 is 1.37 bits per heavy atom. The number of carboxylic acids is 1. The number of thioether (sulfide) groups is 1. The van der Waals surface area contributed by atoms with Gasteiger partial charge in [-0.25, -0.2) is 0 Å². The number of β-lactam (4-membered cyclic amide) rings is 1. The molecule has 2 atom stereocenters. The van der Waals surface area contributed by atoms with Crippen LogP contribution in [-0.2, 0) is 19.8 Å². The van der Waals surface area contributed by atoms with E-state index in [0.29, 0.717) is 48.5 Å². The molecule has 3 aliphatic heterocycles. The van der Waals surface area contributed by atoms with E-state index in [1.165, 1.54) is 39.4 Å². The Bertz CT molecular complexity index is 788. The maximum absolute atomic E-state index is 12.3. The molecule has 0 aromatic heterocycles. The Morgan fingerprint density at radius 2 is 1.96 bits per heavy atom. The van der Waals surface area contributed by atoms with Crippen LogP contribution in [0.2, 0.25) is 0 Å². The average molecular weight is 420 g/mol. The van der Waals surface area contributed by atoms with E-state index in [1.807, 2.05) is 7.05 Å². The Hall–Kier alpha value is -1.18. The lowest BCUT2D eigenvalue weighted by atomic mass is 10.0. The van der Waals surface area contributed by atoms with Gasteiger partial charge in [-0.2, -0.15) is 17.0 Å². The van der Waals surface area contributed by atoms with Crippen molar-refractivity contribution in [2.75, 3.05) is 59.6 Å². The van der Waals surface area contributed by atoms with Gasteiger partial charge in [0.2, 0.25) is 5.91 Å². The Labute approximate surface area is 163 Å². The van der Waals surface area contributed by atoms with E-state index in [4.69, 9.17) is 5.73 Å². The van der Waals surface area contributed by atoms with Crippen LogP contribution in [0.1, 0.15) is 0 Å². The van der Waals surface area contributed by atoms with Gasteiger partial charge in [0.25, 0.3) is 10.2 Å². The molecule has 3 aliphatic rings. The smallest absolute Gasteiger partial charge is 0.281 e. The first kappa shape index (κ1) is 20.6. The van der Waals surface area contributed by atoms with Crippen molar-refractivity contribution in [3.63, 3.8) is 0 Å². The van der Waals surface area contributed by atoms with Crippen molar-refractivity contribution in [2.24, 2.45) is 5.73 Å². The van der Waals surface area contributed by atoms with Crippen molar-refractivity contribution >= 4 is 33.8 Å². The van der Waals surface area contributed by atoms with E-state index in [-0.39, 0.29) is 11.1 Å². The molecule has 0 aliphatic carbocycles. The van der Waals surface area contributed by atoms with Gasteiger partial charge in [0, 0.05) is 25.4 Å². The van der Waals surface area contributed by atoms with Gasteiger partial charge in [-0.3, -0.25) is 9.69 Å². The molecule has 1 amide bonds. The van der Waals surface area contributed by atoms with E-state index < -0.39 is 28.1 Å². The molecule has 10 nitrogen and oxygen atoms in total. The lowest BCUT2D eigenvalue weighted by Gasteiger charge is -2.50. The van der Waals surface area contributed by atoms with E-state index in [0.717, 1.165) is 0 Å². The molecule has 0 saturated carbocycles. The minimum absolute atomic E-state index is 0.0619. The molecule has 0 radical (unpaired) electrons. The second-order valence-electron chi connectivity index (χ2n) is 7.59. The number of hydrogen-bond donors (Lipinski definition) is 1. The fourth-order valence-corrected chi connectivity index (χ4v) is 6.07. The number of nitrogens with two attached hydrogens (primary N) is 1. The van der Waals surface area contributed by atoms with Crippen LogP contribution in [0, 0.1) is 0 Å². The number of likely N-dealkylation sites (N-methyl/N-ethyl adjacent to an activating group) is 1. The summed E-state index contributed by atoms with van der Waals surface area (Å²) in [6, 6.07) is -0.671. The highest BCUT2D eigenvalue weighted by atomic mass is 32.2. The third-order valence-corrected chi connectivity index (χ3v) is 8.72. The second-order valence-corrected chi connectivity index (χ2v) is 10.8. The minimum Gasteiger partial charge on any atom is -0.543 e. The van der Waals surface area contributed by atoms with Gasteiger partial charge in [-0.15, -0.1) is 11.8 Å². The molecule has 0 spiro atoms. The summed E-state index contributed by atoms with van der Waals surface area (Å²) in [6.45, 7) is 2.25. The summed E-state index contributed by atoms with van der Waals surface area (Å²) in [7, 11) is 1.51. The summed E-state index contributed by atoms with van der Waals surface area (Å²) in [5.41, 5.74) is 6.34. The van der Waals surface area contributed by atoms with Crippen LogP contribution in [-0.4, -0.2) is 109 Å². The van der Waals surface area contributed by atoms with Crippen molar-refractivity contribution in [1.29, 1.82) is 0 Å². The molecule has 2 fully saturated rings. The number of fused-ring (bicyclic) bond motifs is 1. The van der Waals surface area contributed by atoms with Crippen molar-refractivity contribution in [2.45, 2.75) is 11.4 Å². The largest absolute Gasteiger partial charge is 0.543 e. The first-order valence-electron chi connectivity index (χ1n) is 8.63. The van der Waals surface area contributed by atoms with Gasteiger partial charge >= 0.3 is 0 Å².